The summed E-state index contributed by atoms with van der Waals surface area (Å²) in [7, 11) is 0. The van der Waals surface area contributed by atoms with Crippen molar-refractivity contribution in [2.45, 2.75) is 26.4 Å². The van der Waals surface area contributed by atoms with Gasteiger partial charge in [0.2, 0.25) is 0 Å². The van der Waals surface area contributed by atoms with Crippen LogP contribution in [-0.4, -0.2) is 23.7 Å². The van der Waals surface area contributed by atoms with E-state index in [0.717, 1.165) is 5.56 Å². The molecule has 1 atom stereocenters. The summed E-state index contributed by atoms with van der Waals surface area (Å²) in [5.41, 5.74) is 0.910. The van der Waals surface area contributed by atoms with Gasteiger partial charge in [0.05, 0.1) is 5.02 Å². The number of rotatable bonds is 8. The normalized spacial score (nSPS) is 12.2. The van der Waals surface area contributed by atoms with Crippen LogP contribution in [0.2, 0.25) is 5.02 Å². The highest BCUT2D eigenvalue weighted by Gasteiger charge is 2.20. The number of nitrogens with one attached hydrogen (secondary N) is 1. The van der Waals surface area contributed by atoms with Crippen LogP contribution >= 0.6 is 11.6 Å². The fourth-order valence-electron chi connectivity index (χ4n) is 1.76. The molecular formula is C15H20ClNO3. The van der Waals surface area contributed by atoms with Gasteiger partial charge in [-0.25, -0.2) is 0 Å². The molecule has 0 heterocycles. The summed E-state index contributed by atoms with van der Waals surface area (Å²) in [4.78, 5) is 11.1. The first-order chi connectivity index (χ1) is 9.45. The van der Waals surface area contributed by atoms with Crippen molar-refractivity contribution >= 4 is 17.6 Å². The molecule has 0 radical (unpaired) electrons. The predicted octanol–water partition coefficient (Wildman–Crippen LogP) is 3.10. The van der Waals surface area contributed by atoms with E-state index in [2.05, 4.69) is 11.9 Å². The largest absolute Gasteiger partial charge is 0.488 e. The number of carboxylic acids is 1. The molecule has 0 aliphatic carbocycles. The van der Waals surface area contributed by atoms with E-state index < -0.39 is 12.0 Å². The second-order valence-electron chi connectivity index (χ2n) is 4.81. The Morgan fingerprint density at radius 3 is 2.75 bits per heavy atom. The van der Waals surface area contributed by atoms with Crippen LogP contribution in [0, 0.1) is 5.92 Å². The molecular weight excluding hydrogens is 278 g/mol. The maximum Gasteiger partial charge on any atom is 0.320 e. The lowest BCUT2D eigenvalue weighted by Crippen LogP contribution is -2.40. The molecule has 110 valence electrons. The molecule has 0 spiro atoms. The first kappa shape index (κ1) is 16.5. The summed E-state index contributed by atoms with van der Waals surface area (Å²) >= 11 is 6.10. The monoisotopic (exact) mass is 297 g/mol. The van der Waals surface area contributed by atoms with Gasteiger partial charge in [-0.1, -0.05) is 44.2 Å². The van der Waals surface area contributed by atoms with Crippen molar-refractivity contribution in [3.8, 4) is 5.75 Å². The van der Waals surface area contributed by atoms with E-state index in [0.29, 0.717) is 23.9 Å². The van der Waals surface area contributed by atoms with E-state index in [1.807, 2.05) is 19.9 Å². The van der Waals surface area contributed by atoms with Crippen LogP contribution in [0.4, 0.5) is 0 Å². The Labute approximate surface area is 124 Å². The van der Waals surface area contributed by atoms with Crippen LogP contribution < -0.4 is 10.1 Å². The standard InChI is InChI=1S/C15H20ClNO3/c1-4-7-20-13-6-5-11(8-12(13)16)9-17-14(10(2)3)15(18)19/h4-6,8,10,14,17H,1,7,9H2,2-3H3,(H,18,19)/t14-/m1/s1. The molecule has 0 saturated carbocycles. The molecule has 0 aliphatic heterocycles. The summed E-state index contributed by atoms with van der Waals surface area (Å²) in [6.45, 7) is 8.14. The highest BCUT2D eigenvalue weighted by atomic mass is 35.5. The molecule has 1 aromatic rings. The van der Waals surface area contributed by atoms with Gasteiger partial charge in [-0.3, -0.25) is 4.79 Å². The van der Waals surface area contributed by atoms with Gasteiger partial charge in [0.25, 0.3) is 0 Å². The van der Waals surface area contributed by atoms with Crippen LogP contribution in [0.5, 0.6) is 5.75 Å². The Balaban J connectivity index is 2.67. The summed E-state index contributed by atoms with van der Waals surface area (Å²) in [5.74, 6) is -0.246. The number of benzene rings is 1. The number of hydrogen-bond acceptors (Lipinski definition) is 3. The van der Waals surface area contributed by atoms with E-state index in [4.69, 9.17) is 21.4 Å². The SMILES string of the molecule is C=CCOc1ccc(CN[C@@H](C(=O)O)C(C)C)cc1Cl. The lowest BCUT2D eigenvalue weighted by atomic mass is 10.0. The lowest BCUT2D eigenvalue weighted by Gasteiger charge is -2.18. The smallest absolute Gasteiger partial charge is 0.320 e. The van der Waals surface area contributed by atoms with Gasteiger partial charge in [-0.2, -0.15) is 0 Å². The Kier molecular flexibility index (Phi) is 6.55. The zero-order valence-corrected chi connectivity index (χ0v) is 12.5. The van der Waals surface area contributed by atoms with Gasteiger partial charge in [0.15, 0.2) is 0 Å². The average Bonchev–Trinajstić information content (AvgIpc) is 2.37. The number of hydrogen-bond donors (Lipinski definition) is 2. The molecule has 0 saturated heterocycles. The molecule has 5 heteroatoms. The molecule has 1 aromatic carbocycles. The Morgan fingerprint density at radius 1 is 1.55 bits per heavy atom. The predicted molar refractivity (Wildman–Crippen MR) is 80.2 cm³/mol. The van der Waals surface area contributed by atoms with Crippen LogP contribution in [0.1, 0.15) is 19.4 Å². The van der Waals surface area contributed by atoms with Crippen LogP contribution in [0.15, 0.2) is 30.9 Å². The van der Waals surface area contributed by atoms with Crippen LogP contribution in [-0.2, 0) is 11.3 Å². The summed E-state index contributed by atoms with van der Waals surface area (Å²) < 4.78 is 5.38. The van der Waals surface area contributed by atoms with E-state index in [-0.39, 0.29) is 5.92 Å². The van der Waals surface area contributed by atoms with Crippen molar-refractivity contribution in [1.29, 1.82) is 0 Å². The van der Waals surface area contributed by atoms with E-state index >= 15 is 0 Å². The second-order valence-corrected chi connectivity index (χ2v) is 5.21. The molecule has 0 aromatic heterocycles. The Hall–Kier alpha value is -1.52. The van der Waals surface area contributed by atoms with Crippen molar-refractivity contribution in [2.75, 3.05) is 6.61 Å². The van der Waals surface area contributed by atoms with Gasteiger partial charge in [0.1, 0.15) is 18.4 Å². The summed E-state index contributed by atoms with van der Waals surface area (Å²) in [6, 6.07) is 4.82. The molecule has 4 nitrogen and oxygen atoms in total. The molecule has 0 aliphatic rings. The number of carbonyl (C=O) groups is 1. The third-order valence-corrected chi connectivity index (χ3v) is 3.11. The highest BCUT2D eigenvalue weighted by Crippen LogP contribution is 2.25. The van der Waals surface area contributed by atoms with Crippen molar-refractivity contribution in [3.63, 3.8) is 0 Å². The van der Waals surface area contributed by atoms with Crippen LogP contribution in [0.25, 0.3) is 0 Å². The second kappa shape index (κ2) is 7.92. The Bertz CT molecular complexity index is 474. The summed E-state index contributed by atoms with van der Waals surface area (Å²) in [5, 5.41) is 12.6. The third kappa shape index (κ3) is 4.87. The highest BCUT2D eigenvalue weighted by molar-refractivity contribution is 6.32. The van der Waals surface area contributed by atoms with Crippen molar-refractivity contribution in [2.24, 2.45) is 5.92 Å². The molecule has 2 N–H and O–H groups in total. The molecule has 1 rings (SSSR count). The van der Waals surface area contributed by atoms with Crippen molar-refractivity contribution in [3.05, 3.63) is 41.4 Å². The minimum Gasteiger partial charge on any atom is -0.488 e. The van der Waals surface area contributed by atoms with Gasteiger partial charge in [-0.05, 0) is 23.6 Å². The molecule has 0 amide bonds. The Morgan fingerprint density at radius 2 is 2.25 bits per heavy atom. The van der Waals surface area contributed by atoms with E-state index in [1.54, 1.807) is 18.2 Å². The minimum atomic E-state index is -0.850. The first-order valence-corrected chi connectivity index (χ1v) is 6.81. The lowest BCUT2D eigenvalue weighted by molar-refractivity contribution is -0.140. The maximum absolute atomic E-state index is 11.1. The topological polar surface area (TPSA) is 58.6 Å². The molecule has 20 heavy (non-hydrogen) atoms. The average molecular weight is 298 g/mol. The quantitative estimate of drug-likeness (QED) is 0.724. The van der Waals surface area contributed by atoms with Crippen molar-refractivity contribution in [1.82, 2.24) is 5.32 Å². The fourth-order valence-corrected chi connectivity index (χ4v) is 2.01. The third-order valence-electron chi connectivity index (χ3n) is 2.81. The van der Waals surface area contributed by atoms with Gasteiger partial charge >= 0.3 is 5.97 Å². The molecule has 0 fully saturated rings. The fraction of sp³-hybridized carbons (Fsp3) is 0.400. The number of ether oxygens (including phenoxy) is 1. The molecule has 0 unspecified atom stereocenters. The number of carboxylic acid groups (broad SMARTS) is 1. The van der Waals surface area contributed by atoms with Gasteiger partial charge < -0.3 is 15.2 Å². The maximum atomic E-state index is 11.1. The zero-order valence-electron chi connectivity index (χ0n) is 11.7. The number of aliphatic carboxylic acids is 1. The van der Waals surface area contributed by atoms with Gasteiger partial charge in [-0.15, -0.1) is 0 Å². The van der Waals surface area contributed by atoms with E-state index in [9.17, 15) is 4.79 Å². The van der Waals surface area contributed by atoms with Gasteiger partial charge in [0, 0.05) is 6.54 Å². The molecule has 0 bridgehead atoms. The van der Waals surface area contributed by atoms with E-state index in [1.165, 1.54) is 0 Å². The van der Waals surface area contributed by atoms with Crippen LogP contribution in [0.3, 0.4) is 0 Å². The zero-order chi connectivity index (χ0) is 15.1. The van der Waals surface area contributed by atoms with Crippen molar-refractivity contribution < 1.29 is 14.6 Å². The summed E-state index contributed by atoms with van der Waals surface area (Å²) in [6.07, 6.45) is 1.64. The number of halogens is 1. The minimum absolute atomic E-state index is 0.0122. The first-order valence-electron chi connectivity index (χ1n) is 6.44.